The van der Waals surface area contributed by atoms with Crippen molar-refractivity contribution in [3.05, 3.63) is 33.1 Å². The molecule has 2 heterocycles. The van der Waals surface area contributed by atoms with E-state index in [1.54, 1.807) is 0 Å². The maximum absolute atomic E-state index is 11.9. The van der Waals surface area contributed by atoms with Crippen LogP contribution >= 0.6 is 0 Å². The second-order valence-corrected chi connectivity index (χ2v) is 4.77. The molecule has 124 valence electrons. The van der Waals surface area contributed by atoms with Gasteiger partial charge in [0.05, 0.1) is 6.61 Å². The molecule has 0 aliphatic carbocycles. The lowest BCUT2D eigenvalue weighted by molar-refractivity contribution is -0.138. The van der Waals surface area contributed by atoms with Gasteiger partial charge < -0.3 is 24.1 Å². The van der Waals surface area contributed by atoms with Crippen LogP contribution in [0.25, 0.3) is 0 Å². The highest BCUT2D eigenvalue weighted by Crippen LogP contribution is 2.30. The Morgan fingerprint density at radius 2 is 2.23 bits per heavy atom. The zero-order chi connectivity index (χ0) is 16.1. The molecule has 4 unspecified atom stereocenters. The van der Waals surface area contributed by atoms with Crippen molar-refractivity contribution < 1.29 is 24.1 Å². The third-order valence-electron chi connectivity index (χ3n) is 3.32. The number of ether oxygens (including phenoxy) is 4. The summed E-state index contributed by atoms with van der Waals surface area (Å²) in [7, 11) is 1.48. The molecule has 1 aromatic heterocycles. The molecule has 1 fully saturated rings. The van der Waals surface area contributed by atoms with E-state index in [2.05, 4.69) is 4.98 Å². The van der Waals surface area contributed by atoms with Crippen LogP contribution in [-0.4, -0.2) is 60.1 Å². The first-order valence-electron chi connectivity index (χ1n) is 6.91. The number of H-pyrrole nitrogens is 1. The van der Waals surface area contributed by atoms with E-state index >= 15 is 0 Å². The summed E-state index contributed by atoms with van der Waals surface area (Å²) in [6.07, 6.45) is -2.06. The third kappa shape index (κ3) is 3.62. The van der Waals surface area contributed by atoms with Crippen LogP contribution in [-0.2, 0) is 18.9 Å². The number of hydrogen-bond acceptors (Lipinski definition) is 7. The van der Waals surface area contributed by atoms with Gasteiger partial charge in [0.25, 0.3) is 5.56 Å². The molecular weight excluding hydrogens is 296 g/mol. The molecule has 0 spiro atoms. The molecule has 9 heteroatoms. The maximum Gasteiger partial charge on any atom is 0.330 e. The minimum absolute atomic E-state index is 0.0457. The molecule has 2 rings (SSSR count). The molecule has 1 saturated heterocycles. The van der Waals surface area contributed by atoms with E-state index < -0.39 is 35.8 Å². The van der Waals surface area contributed by atoms with Crippen LogP contribution in [0, 0.1) is 0 Å². The highest BCUT2D eigenvalue weighted by molar-refractivity contribution is 4.94. The number of aromatic amines is 1. The Balaban J connectivity index is 2.24. The van der Waals surface area contributed by atoms with Crippen molar-refractivity contribution in [2.24, 2.45) is 0 Å². The quantitative estimate of drug-likeness (QED) is 0.481. The molecule has 0 radical (unpaired) electrons. The zero-order valence-electron chi connectivity index (χ0n) is 12.4. The van der Waals surface area contributed by atoms with Gasteiger partial charge in [0.1, 0.15) is 25.1 Å². The Bertz CT molecular complexity index is 584. The van der Waals surface area contributed by atoms with Crippen molar-refractivity contribution in [2.75, 3.05) is 27.1 Å². The minimum atomic E-state index is -0.996. The summed E-state index contributed by atoms with van der Waals surface area (Å²) in [5.74, 6) is 0. The second-order valence-electron chi connectivity index (χ2n) is 4.77. The fraction of sp³-hybridized carbons (Fsp3) is 0.692. The van der Waals surface area contributed by atoms with Gasteiger partial charge in [-0.05, 0) is 6.92 Å². The Morgan fingerprint density at radius 3 is 2.86 bits per heavy atom. The number of aromatic nitrogens is 2. The average molecular weight is 316 g/mol. The number of rotatable bonds is 7. The minimum Gasteiger partial charge on any atom is -0.387 e. The van der Waals surface area contributed by atoms with E-state index in [1.807, 2.05) is 6.92 Å². The van der Waals surface area contributed by atoms with Crippen molar-refractivity contribution in [1.82, 2.24) is 9.55 Å². The third-order valence-corrected chi connectivity index (χ3v) is 3.32. The van der Waals surface area contributed by atoms with Gasteiger partial charge in [0.2, 0.25) is 0 Å². The maximum atomic E-state index is 11.9. The van der Waals surface area contributed by atoms with Gasteiger partial charge >= 0.3 is 5.69 Å². The molecule has 0 aromatic carbocycles. The van der Waals surface area contributed by atoms with E-state index in [-0.39, 0.29) is 13.4 Å². The first-order chi connectivity index (χ1) is 10.6. The normalized spacial score (nSPS) is 28.1. The molecule has 1 aromatic rings. The van der Waals surface area contributed by atoms with Gasteiger partial charge in [-0.3, -0.25) is 14.3 Å². The predicted molar refractivity (Wildman–Crippen MR) is 74.5 cm³/mol. The molecule has 1 aliphatic rings. The van der Waals surface area contributed by atoms with Crippen LogP contribution in [0.1, 0.15) is 13.2 Å². The van der Waals surface area contributed by atoms with Crippen molar-refractivity contribution in [3.8, 4) is 0 Å². The van der Waals surface area contributed by atoms with E-state index in [0.29, 0.717) is 6.61 Å². The fourth-order valence-corrected chi connectivity index (χ4v) is 2.26. The molecule has 0 bridgehead atoms. The summed E-state index contributed by atoms with van der Waals surface area (Å²) >= 11 is 0. The number of aliphatic hydroxyl groups is 1. The largest absolute Gasteiger partial charge is 0.387 e. The van der Waals surface area contributed by atoms with Crippen molar-refractivity contribution >= 4 is 0 Å². The molecule has 22 heavy (non-hydrogen) atoms. The number of nitrogens with zero attached hydrogens (tertiary/aromatic N) is 1. The van der Waals surface area contributed by atoms with Gasteiger partial charge in [0, 0.05) is 26.0 Å². The zero-order valence-corrected chi connectivity index (χ0v) is 12.4. The van der Waals surface area contributed by atoms with Gasteiger partial charge in [0.15, 0.2) is 6.23 Å². The van der Waals surface area contributed by atoms with E-state index in [0.717, 1.165) is 4.57 Å². The summed E-state index contributed by atoms with van der Waals surface area (Å²) in [4.78, 5) is 25.2. The van der Waals surface area contributed by atoms with Crippen molar-refractivity contribution in [2.45, 2.75) is 31.5 Å². The molecule has 9 nitrogen and oxygen atoms in total. The van der Waals surface area contributed by atoms with Gasteiger partial charge in [-0.1, -0.05) is 0 Å². The van der Waals surface area contributed by atoms with Crippen LogP contribution in [0.2, 0.25) is 0 Å². The number of methoxy groups -OCH3 is 1. The first-order valence-corrected chi connectivity index (χ1v) is 6.91. The Labute approximate surface area is 126 Å². The Hall–Kier alpha value is -1.52. The molecule has 0 saturated carbocycles. The van der Waals surface area contributed by atoms with Crippen LogP contribution in [0.4, 0.5) is 0 Å². The highest BCUT2D eigenvalue weighted by atomic mass is 16.7. The molecule has 4 atom stereocenters. The number of aliphatic hydroxyl groups excluding tert-OH is 1. The number of nitrogens with one attached hydrogen (secondary N) is 1. The summed E-state index contributed by atoms with van der Waals surface area (Å²) in [5, 5.41) is 10.3. The lowest BCUT2D eigenvalue weighted by Crippen LogP contribution is -2.39. The van der Waals surface area contributed by atoms with Crippen LogP contribution in [0.5, 0.6) is 0 Å². The average Bonchev–Trinajstić information content (AvgIpc) is 2.77. The van der Waals surface area contributed by atoms with Gasteiger partial charge in [-0.2, -0.15) is 0 Å². The lowest BCUT2D eigenvalue weighted by atomic mass is 10.1. The van der Waals surface area contributed by atoms with E-state index in [1.165, 1.54) is 19.4 Å². The molecular formula is C13H20N2O7. The standard InChI is InChI=1S/C13H20N2O7/c1-3-20-7-21-11-10(17)8(6-19-2)22-12(11)15-5-4-9(16)14-13(15)18/h4-5,8,10-12,17H,3,6-7H2,1-2H3,(H,14,16,18). The summed E-state index contributed by atoms with van der Waals surface area (Å²) in [5.41, 5.74) is -1.16. The number of hydrogen-bond donors (Lipinski definition) is 2. The lowest BCUT2D eigenvalue weighted by Gasteiger charge is -2.21. The topological polar surface area (TPSA) is 112 Å². The van der Waals surface area contributed by atoms with Crippen LogP contribution < -0.4 is 11.2 Å². The second kappa shape index (κ2) is 7.65. The smallest absolute Gasteiger partial charge is 0.330 e. The van der Waals surface area contributed by atoms with Crippen molar-refractivity contribution in [3.63, 3.8) is 0 Å². The summed E-state index contributed by atoms with van der Waals surface area (Å²) in [6.45, 7) is 2.36. The molecule has 0 amide bonds. The van der Waals surface area contributed by atoms with Gasteiger partial charge in [-0.25, -0.2) is 4.79 Å². The van der Waals surface area contributed by atoms with Gasteiger partial charge in [-0.15, -0.1) is 0 Å². The summed E-state index contributed by atoms with van der Waals surface area (Å²) in [6, 6.07) is 1.19. The van der Waals surface area contributed by atoms with E-state index in [9.17, 15) is 14.7 Å². The predicted octanol–water partition coefficient (Wildman–Crippen LogP) is -1.18. The highest BCUT2D eigenvalue weighted by Gasteiger charge is 2.46. The van der Waals surface area contributed by atoms with Crippen molar-refractivity contribution in [1.29, 1.82) is 0 Å². The Morgan fingerprint density at radius 1 is 1.45 bits per heavy atom. The fourth-order valence-electron chi connectivity index (χ4n) is 2.26. The Kier molecular flexibility index (Phi) is 5.86. The van der Waals surface area contributed by atoms with E-state index in [4.69, 9.17) is 18.9 Å². The monoisotopic (exact) mass is 316 g/mol. The summed E-state index contributed by atoms with van der Waals surface area (Å²) < 4.78 is 22.4. The van der Waals surface area contributed by atoms with Crippen LogP contribution in [0.3, 0.4) is 0 Å². The SMILES string of the molecule is CCOCOC1C(O)C(COC)OC1n1ccc(=O)[nH]c1=O. The molecule has 1 aliphatic heterocycles. The molecule has 2 N–H and O–H groups in total. The van der Waals surface area contributed by atoms with Crippen LogP contribution in [0.15, 0.2) is 21.9 Å². The first kappa shape index (κ1) is 16.8.